The van der Waals surface area contributed by atoms with Crippen LogP contribution >= 0.6 is 11.6 Å². The van der Waals surface area contributed by atoms with Gasteiger partial charge in [-0.3, -0.25) is 4.72 Å². The van der Waals surface area contributed by atoms with Crippen molar-refractivity contribution in [3.63, 3.8) is 0 Å². The van der Waals surface area contributed by atoms with Crippen molar-refractivity contribution in [2.45, 2.75) is 24.7 Å². The van der Waals surface area contributed by atoms with Crippen LogP contribution in [0.5, 0.6) is 0 Å². The van der Waals surface area contributed by atoms with E-state index in [1.165, 1.54) is 6.07 Å². The first-order valence-electron chi connectivity index (χ1n) is 6.49. The third-order valence-corrected chi connectivity index (χ3v) is 4.64. The second-order valence-corrected chi connectivity index (χ2v) is 6.71. The summed E-state index contributed by atoms with van der Waals surface area (Å²) < 4.78 is 39.8. The van der Waals surface area contributed by atoms with Gasteiger partial charge in [0, 0.05) is 0 Å². The molecule has 1 N–H and O–H groups in total. The minimum absolute atomic E-state index is 0.0150. The highest BCUT2D eigenvalue weighted by Gasteiger charge is 2.15. The number of hydrogen-bond acceptors (Lipinski definition) is 2. The summed E-state index contributed by atoms with van der Waals surface area (Å²) in [6.07, 6.45) is 1.90. The van der Waals surface area contributed by atoms with Gasteiger partial charge in [-0.1, -0.05) is 37.1 Å². The lowest BCUT2D eigenvalue weighted by molar-refractivity contribution is 0.601. The van der Waals surface area contributed by atoms with E-state index in [1.807, 2.05) is 0 Å². The Morgan fingerprint density at radius 2 is 1.81 bits per heavy atom. The summed E-state index contributed by atoms with van der Waals surface area (Å²) in [7, 11) is -3.74. The molecule has 0 aliphatic carbocycles. The highest BCUT2D eigenvalue weighted by Crippen LogP contribution is 2.25. The lowest BCUT2D eigenvalue weighted by Crippen LogP contribution is -2.13. The summed E-state index contributed by atoms with van der Waals surface area (Å²) >= 11 is 5.82. The van der Waals surface area contributed by atoms with Crippen LogP contribution in [-0.2, 0) is 16.4 Å². The first-order valence-corrected chi connectivity index (χ1v) is 8.35. The molecule has 0 spiro atoms. The van der Waals surface area contributed by atoms with E-state index in [2.05, 4.69) is 11.6 Å². The van der Waals surface area contributed by atoms with Gasteiger partial charge < -0.3 is 0 Å². The Hall–Kier alpha value is -1.59. The van der Waals surface area contributed by atoms with Gasteiger partial charge in [-0.25, -0.2) is 12.8 Å². The van der Waals surface area contributed by atoms with Gasteiger partial charge in [-0.05, 0) is 42.3 Å². The van der Waals surface area contributed by atoms with E-state index in [0.29, 0.717) is 0 Å². The minimum atomic E-state index is -3.74. The summed E-state index contributed by atoms with van der Waals surface area (Å²) in [5.41, 5.74) is 1.23. The molecule has 0 radical (unpaired) electrons. The van der Waals surface area contributed by atoms with Gasteiger partial charge in [0.2, 0.25) is 0 Å². The van der Waals surface area contributed by atoms with Gasteiger partial charge in [0.1, 0.15) is 5.82 Å². The van der Waals surface area contributed by atoms with Crippen LogP contribution in [0.2, 0.25) is 5.02 Å². The molecule has 2 aromatic rings. The van der Waals surface area contributed by atoms with E-state index in [0.717, 1.165) is 30.5 Å². The zero-order valence-electron chi connectivity index (χ0n) is 11.4. The third kappa shape index (κ3) is 3.95. The highest BCUT2D eigenvalue weighted by molar-refractivity contribution is 7.92. The van der Waals surface area contributed by atoms with E-state index in [-0.39, 0.29) is 15.6 Å². The van der Waals surface area contributed by atoms with E-state index in [9.17, 15) is 12.8 Å². The Kier molecular flexibility index (Phi) is 4.85. The van der Waals surface area contributed by atoms with E-state index in [4.69, 9.17) is 11.6 Å². The van der Waals surface area contributed by atoms with Crippen LogP contribution < -0.4 is 4.72 Å². The van der Waals surface area contributed by atoms with Crippen LogP contribution in [0, 0.1) is 5.82 Å². The van der Waals surface area contributed by atoms with Crippen LogP contribution in [0.4, 0.5) is 10.1 Å². The molecule has 0 aliphatic heterocycles. The fourth-order valence-electron chi connectivity index (χ4n) is 1.90. The van der Waals surface area contributed by atoms with Crippen molar-refractivity contribution in [3.8, 4) is 0 Å². The Morgan fingerprint density at radius 1 is 1.14 bits per heavy atom. The average Bonchev–Trinajstić information content (AvgIpc) is 2.43. The first kappa shape index (κ1) is 15.8. The molecule has 6 heteroatoms. The lowest BCUT2D eigenvalue weighted by atomic mass is 10.1. The molecule has 0 amide bonds. The van der Waals surface area contributed by atoms with Crippen molar-refractivity contribution >= 4 is 27.3 Å². The number of rotatable bonds is 5. The number of sulfonamides is 1. The Balaban J connectivity index is 2.25. The van der Waals surface area contributed by atoms with E-state index >= 15 is 0 Å². The highest BCUT2D eigenvalue weighted by atomic mass is 35.5. The van der Waals surface area contributed by atoms with Gasteiger partial charge in [0.05, 0.1) is 15.6 Å². The molecular weight excluding hydrogens is 313 g/mol. The van der Waals surface area contributed by atoms with Crippen LogP contribution in [0.1, 0.15) is 18.9 Å². The van der Waals surface area contributed by atoms with E-state index in [1.54, 1.807) is 24.3 Å². The summed E-state index contributed by atoms with van der Waals surface area (Å²) in [5.74, 6) is -0.521. The van der Waals surface area contributed by atoms with Crippen molar-refractivity contribution in [1.82, 2.24) is 0 Å². The Morgan fingerprint density at radius 3 is 2.38 bits per heavy atom. The molecule has 3 nitrogen and oxygen atoms in total. The number of hydrogen-bond donors (Lipinski definition) is 1. The third-order valence-electron chi connectivity index (χ3n) is 2.95. The number of benzene rings is 2. The minimum Gasteiger partial charge on any atom is -0.278 e. The normalized spacial score (nSPS) is 11.4. The van der Waals surface area contributed by atoms with Crippen LogP contribution in [0.25, 0.3) is 0 Å². The quantitative estimate of drug-likeness (QED) is 0.893. The summed E-state index contributed by atoms with van der Waals surface area (Å²) in [4.78, 5) is 0.141. The van der Waals surface area contributed by atoms with Crippen LogP contribution in [0.3, 0.4) is 0 Å². The summed E-state index contributed by atoms with van der Waals surface area (Å²) in [6.45, 7) is 2.06. The van der Waals surface area contributed by atoms with E-state index < -0.39 is 15.8 Å². The first-order chi connectivity index (χ1) is 9.92. The maximum atomic E-state index is 13.0. The van der Waals surface area contributed by atoms with Gasteiger partial charge in [0.15, 0.2) is 0 Å². The van der Waals surface area contributed by atoms with Crippen molar-refractivity contribution in [1.29, 1.82) is 0 Å². The number of halogens is 2. The fourth-order valence-corrected chi connectivity index (χ4v) is 3.25. The van der Waals surface area contributed by atoms with Crippen molar-refractivity contribution < 1.29 is 12.8 Å². The molecule has 21 heavy (non-hydrogen) atoms. The second-order valence-electron chi connectivity index (χ2n) is 4.62. The lowest BCUT2D eigenvalue weighted by Gasteiger charge is -2.10. The standard InChI is InChI=1S/C15H15ClFNO2S/c1-2-3-11-4-7-13(8-5-11)21(19,20)18-15-9-6-12(17)10-14(15)16/h4-10,18H,2-3H2,1H3. The molecule has 0 bridgehead atoms. The predicted molar refractivity (Wildman–Crippen MR) is 82.7 cm³/mol. The maximum absolute atomic E-state index is 13.0. The van der Waals surface area contributed by atoms with Crippen molar-refractivity contribution in [2.24, 2.45) is 0 Å². The monoisotopic (exact) mass is 327 g/mol. The molecule has 2 rings (SSSR count). The number of nitrogens with one attached hydrogen (secondary N) is 1. The van der Waals surface area contributed by atoms with Gasteiger partial charge in [-0.15, -0.1) is 0 Å². The molecule has 0 atom stereocenters. The van der Waals surface area contributed by atoms with Crippen molar-refractivity contribution in [2.75, 3.05) is 4.72 Å². The SMILES string of the molecule is CCCc1ccc(S(=O)(=O)Nc2ccc(F)cc2Cl)cc1. The molecule has 2 aromatic carbocycles. The largest absolute Gasteiger partial charge is 0.278 e. The topological polar surface area (TPSA) is 46.2 Å². The van der Waals surface area contributed by atoms with Crippen LogP contribution in [-0.4, -0.2) is 8.42 Å². The molecule has 0 heterocycles. The number of aryl methyl sites for hydroxylation is 1. The molecule has 112 valence electrons. The number of anilines is 1. The maximum Gasteiger partial charge on any atom is 0.261 e. The molecule has 0 saturated carbocycles. The van der Waals surface area contributed by atoms with Gasteiger partial charge >= 0.3 is 0 Å². The zero-order valence-corrected chi connectivity index (χ0v) is 13.0. The second kappa shape index (κ2) is 6.45. The summed E-state index contributed by atoms with van der Waals surface area (Å²) in [6, 6.07) is 10.2. The molecule has 0 aliphatic rings. The van der Waals surface area contributed by atoms with Gasteiger partial charge in [-0.2, -0.15) is 0 Å². The zero-order chi connectivity index (χ0) is 15.5. The summed E-state index contributed by atoms with van der Waals surface area (Å²) in [5, 5.41) is 0.0150. The smallest absolute Gasteiger partial charge is 0.261 e. The molecule has 0 fully saturated rings. The van der Waals surface area contributed by atoms with Crippen molar-refractivity contribution in [3.05, 3.63) is 58.9 Å². The predicted octanol–water partition coefficient (Wildman–Crippen LogP) is 4.23. The molecular formula is C15H15ClFNO2S. The average molecular weight is 328 g/mol. The molecule has 0 unspecified atom stereocenters. The Labute approximate surface area is 128 Å². The van der Waals surface area contributed by atoms with Gasteiger partial charge in [0.25, 0.3) is 10.0 Å². The fraction of sp³-hybridized carbons (Fsp3) is 0.200. The molecule has 0 saturated heterocycles. The Bertz CT molecular complexity index is 730. The molecule has 0 aromatic heterocycles. The van der Waals surface area contributed by atoms with Crippen LogP contribution in [0.15, 0.2) is 47.4 Å².